The predicted molar refractivity (Wildman–Crippen MR) is 76.9 cm³/mol. The van der Waals surface area contributed by atoms with E-state index in [4.69, 9.17) is 0 Å². The minimum Gasteiger partial charge on any atom is -0.338 e. The van der Waals surface area contributed by atoms with Crippen molar-refractivity contribution < 1.29 is 4.79 Å². The van der Waals surface area contributed by atoms with E-state index in [1.54, 1.807) is 12.4 Å². The Labute approximate surface area is 123 Å². The molecule has 1 saturated heterocycles. The minimum absolute atomic E-state index is 0.118. The number of anilines is 1. The van der Waals surface area contributed by atoms with Gasteiger partial charge in [-0.2, -0.15) is 0 Å². The topological polar surface area (TPSA) is 49.3 Å². The molecule has 0 radical (unpaired) electrons. The van der Waals surface area contributed by atoms with Crippen LogP contribution in [0.5, 0.6) is 0 Å². The van der Waals surface area contributed by atoms with Crippen LogP contribution < -0.4 is 4.90 Å². The van der Waals surface area contributed by atoms with Crippen molar-refractivity contribution in [3.8, 4) is 0 Å². The van der Waals surface area contributed by atoms with E-state index in [0.29, 0.717) is 13.1 Å². The average Bonchev–Trinajstić information content (AvgIpc) is 2.39. The zero-order valence-electron chi connectivity index (χ0n) is 10.0. The summed E-state index contributed by atoms with van der Waals surface area (Å²) in [6, 6.07) is 0. The van der Waals surface area contributed by atoms with E-state index >= 15 is 0 Å². The molecule has 2 heterocycles. The highest BCUT2D eigenvalue weighted by atomic mass is 79.9. The zero-order chi connectivity index (χ0) is 13.1. The number of piperazine rings is 1. The number of alkyl halides is 1. The van der Waals surface area contributed by atoms with E-state index < -0.39 is 0 Å². The van der Waals surface area contributed by atoms with Crippen LogP contribution >= 0.6 is 31.9 Å². The molecule has 0 bridgehead atoms. The van der Waals surface area contributed by atoms with Crippen molar-refractivity contribution in [1.82, 2.24) is 14.9 Å². The Kier molecular flexibility index (Phi) is 4.55. The maximum absolute atomic E-state index is 11.8. The van der Waals surface area contributed by atoms with Crippen LogP contribution in [0.3, 0.4) is 0 Å². The van der Waals surface area contributed by atoms with Gasteiger partial charge >= 0.3 is 0 Å². The van der Waals surface area contributed by atoms with Gasteiger partial charge in [-0.05, 0) is 22.9 Å². The number of amides is 1. The van der Waals surface area contributed by atoms with Gasteiger partial charge in [0.1, 0.15) is 0 Å². The van der Waals surface area contributed by atoms with E-state index in [1.807, 2.05) is 11.8 Å². The van der Waals surface area contributed by atoms with Crippen molar-refractivity contribution in [2.75, 3.05) is 31.1 Å². The molecule has 1 unspecified atom stereocenters. The van der Waals surface area contributed by atoms with E-state index in [0.717, 1.165) is 23.5 Å². The first-order valence-electron chi connectivity index (χ1n) is 5.73. The molecule has 1 aromatic heterocycles. The molecular weight excluding hydrogens is 364 g/mol. The molecule has 18 heavy (non-hydrogen) atoms. The van der Waals surface area contributed by atoms with Crippen molar-refractivity contribution in [3.63, 3.8) is 0 Å². The van der Waals surface area contributed by atoms with Gasteiger partial charge in [0.15, 0.2) is 0 Å². The molecular formula is C11H14Br2N4O. The second-order valence-electron chi connectivity index (χ2n) is 4.13. The molecule has 1 amide bonds. The Balaban J connectivity index is 1.94. The van der Waals surface area contributed by atoms with Crippen molar-refractivity contribution in [3.05, 3.63) is 16.9 Å². The number of hydrogen-bond acceptors (Lipinski definition) is 4. The fourth-order valence-electron chi connectivity index (χ4n) is 1.85. The second-order valence-corrected chi connectivity index (χ2v) is 6.42. The van der Waals surface area contributed by atoms with Crippen molar-refractivity contribution in [1.29, 1.82) is 0 Å². The molecule has 1 fully saturated rings. The van der Waals surface area contributed by atoms with Crippen molar-refractivity contribution in [2.24, 2.45) is 0 Å². The van der Waals surface area contributed by atoms with Gasteiger partial charge < -0.3 is 9.80 Å². The third kappa shape index (κ3) is 3.20. The molecule has 7 heteroatoms. The van der Waals surface area contributed by atoms with Gasteiger partial charge in [-0.3, -0.25) is 4.79 Å². The first kappa shape index (κ1) is 13.7. The predicted octanol–water partition coefficient (Wildman–Crippen LogP) is 1.67. The van der Waals surface area contributed by atoms with Crippen LogP contribution in [0, 0.1) is 0 Å². The fraction of sp³-hybridized carbons (Fsp3) is 0.545. The largest absolute Gasteiger partial charge is 0.338 e. The summed E-state index contributed by atoms with van der Waals surface area (Å²) in [6.07, 6.45) is 3.47. The monoisotopic (exact) mass is 376 g/mol. The van der Waals surface area contributed by atoms with Gasteiger partial charge in [-0.1, -0.05) is 15.9 Å². The maximum atomic E-state index is 11.8. The van der Waals surface area contributed by atoms with Gasteiger partial charge in [0.2, 0.25) is 11.9 Å². The highest BCUT2D eigenvalue weighted by Gasteiger charge is 2.24. The van der Waals surface area contributed by atoms with Gasteiger partial charge in [0.25, 0.3) is 0 Å². The van der Waals surface area contributed by atoms with Crippen molar-refractivity contribution >= 4 is 43.7 Å². The number of aromatic nitrogens is 2. The summed E-state index contributed by atoms with van der Waals surface area (Å²) in [6.45, 7) is 4.83. The summed E-state index contributed by atoms with van der Waals surface area (Å²) in [4.78, 5) is 24.2. The fourth-order valence-corrected chi connectivity index (χ4v) is 2.34. The lowest BCUT2D eigenvalue weighted by Crippen LogP contribution is -2.50. The standard InChI is InChI=1S/C11H14Br2N4O/c1-8(12)10(18)16-2-4-17(5-3-16)11-14-6-9(13)7-15-11/h6-8H,2-5H2,1H3. The first-order chi connectivity index (χ1) is 8.58. The Bertz CT molecular complexity index is 416. The van der Waals surface area contributed by atoms with E-state index in [1.165, 1.54) is 0 Å². The molecule has 2 rings (SSSR count). The molecule has 0 aliphatic carbocycles. The molecule has 1 aromatic rings. The molecule has 1 atom stereocenters. The number of rotatable bonds is 2. The lowest BCUT2D eigenvalue weighted by molar-refractivity contribution is -0.130. The van der Waals surface area contributed by atoms with Crippen LogP contribution in [0.2, 0.25) is 0 Å². The van der Waals surface area contributed by atoms with Gasteiger partial charge in [0, 0.05) is 38.6 Å². The lowest BCUT2D eigenvalue weighted by Gasteiger charge is -2.35. The number of hydrogen-bond donors (Lipinski definition) is 0. The van der Waals surface area contributed by atoms with Gasteiger partial charge in [-0.15, -0.1) is 0 Å². The Morgan fingerprint density at radius 2 is 1.83 bits per heavy atom. The third-order valence-corrected chi connectivity index (χ3v) is 3.62. The SMILES string of the molecule is CC(Br)C(=O)N1CCN(c2ncc(Br)cn2)CC1. The second kappa shape index (κ2) is 5.97. The quantitative estimate of drug-likeness (QED) is 0.735. The lowest BCUT2D eigenvalue weighted by atomic mass is 10.3. The molecule has 1 aliphatic heterocycles. The zero-order valence-corrected chi connectivity index (χ0v) is 13.2. The summed E-state index contributed by atoms with van der Waals surface area (Å²) >= 11 is 6.62. The Hall–Kier alpha value is -0.690. The van der Waals surface area contributed by atoms with Crippen LogP contribution in [0.15, 0.2) is 16.9 Å². The van der Waals surface area contributed by atoms with Crippen LogP contribution in [-0.4, -0.2) is 51.8 Å². The van der Waals surface area contributed by atoms with Crippen LogP contribution in [0.4, 0.5) is 5.95 Å². The molecule has 1 aliphatic rings. The van der Waals surface area contributed by atoms with Gasteiger partial charge in [0.05, 0.1) is 9.30 Å². The number of nitrogens with zero attached hydrogens (tertiary/aromatic N) is 4. The molecule has 0 spiro atoms. The normalized spacial score (nSPS) is 17.7. The summed E-state index contributed by atoms with van der Waals surface area (Å²) in [7, 11) is 0. The molecule has 0 N–H and O–H groups in total. The summed E-state index contributed by atoms with van der Waals surface area (Å²) < 4.78 is 0.869. The third-order valence-electron chi connectivity index (χ3n) is 2.82. The Morgan fingerprint density at radius 1 is 1.28 bits per heavy atom. The number of carbonyl (C=O) groups excluding carboxylic acids is 1. The molecule has 98 valence electrons. The van der Waals surface area contributed by atoms with E-state index in [-0.39, 0.29) is 10.7 Å². The number of carbonyl (C=O) groups is 1. The highest BCUT2D eigenvalue weighted by Crippen LogP contribution is 2.14. The van der Waals surface area contributed by atoms with Crippen LogP contribution in [-0.2, 0) is 4.79 Å². The summed E-state index contributed by atoms with van der Waals surface area (Å²) in [5.41, 5.74) is 0. The highest BCUT2D eigenvalue weighted by molar-refractivity contribution is 9.10. The molecule has 0 saturated carbocycles. The Morgan fingerprint density at radius 3 is 2.33 bits per heavy atom. The summed E-state index contributed by atoms with van der Waals surface area (Å²) in [5, 5.41) is 0. The van der Waals surface area contributed by atoms with E-state index in [9.17, 15) is 4.79 Å². The van der Waals surface area contributed by atoms with E-state index in [2.05, 4.69) is 46.7 Å². The smallest absolute Gasteiger partial charge is 0.236 e. The van der Waals surface area contributed by atoms with Crippen molar-refractivity contribution in [2.45, 2.75) is 11.8 Å². The van der Waals surface area contributed by atoms with Crippen LogP contribution in [0.1, 0.15) is 6.92 Å². The average molecular weight is 378 g/mol. The summed E-state index contributed by atoms with van der Waals surface area (Å²) in [5.74, 6) is 0.864. The first-order valence-corrected chi connectivity index (χ1v) is 7.44. The van der Waals surface area contributed by atoms with Crippen LogP contribution in [0.25, 0.3) is 0 Å². The maximum Gasteiger partial charge on any atom is 0.236 e. The minimum atomic E-state index is -0.118. The molecule has 5 nitrogen and oxygen atoms in total. The van der Waals surface area contributed by atoms with Gasteiger partial charge in [-0.25, -0.2) is 9.97 Å². The molecule has 0 aromatic carbocycles. The number of halogens is 2.